The summed E-state index contributed by atoms with van der Waals surface area (Å²) < 4.78 is 27.8. The highest BCUT2D eigenvalue weighted by Gasteiger charge is 2.32. The van der Waals surface area contributed by atoms with Crippen molar-refractivity contribution in [2.45, 2.75) is 51.5 Å². The maximum atomic E-state index is 13.1. The van der Waals surface area contributed by atoms with Gasteiger partial charge in [-0.25, -0.2) is 8.42 Å². The number of hydrogen-bond donors (Lipinski definition) is 1. The van der Waals surface area contributed by atoms with Crippen LogP contribution in [0, 0.1) is 11.8 Å². The van der Waals surface area contributed by atoms with Crippen LogP contribution >= 0.6 is 0 Å². The number of rotatable bonds is 7. The lowest BCUT2D eigenvalue weighted by Gasteiger charge is -2.34. The average molecular weight is 424 g/mol. The summed E-state index contributed by atoms with van der Waals surface area (Å²) in [5, 5.41) is 10.7. The SMILES string of the molecule is CC[C@H](C)NC(=O)COn1nnc2ccc(S(=O)(=O)N3C[C@@H](C)C[C@H](C)C3)cc21. The Morgan fingerprint density at radius 1 is 1.31 bits per heavy atom. The molecule has 2 heterocycles. The molecular weight excluding hydrogens is 394 g/mol. The molecule has 1 fully saturated rings. The van der Waals surface area contributed by atoms with Crippen molar-refractivity contribution in [2.24, 2.45) is 11.8 Å². The van der Waals surface area contributed by atoms with Gasteiger partial charge in [-0.05, 0) is 55.0 Å². The summed E-state index contributed by atoms with van der Waals surface area (Å²) in [6.45, 7) is 8.80. The van der Waals surface area contributed by atoms with Crippen LogP contribution in [0.1, 0.15) is 40.5 Å². The molecule has 1 N–H and O–H groups in total. The molecule has 1 saturated heterocycles. The molecule has 0 bridgehead atoms. The van der Waals surface area contributed by atoms with Crippen LogP contribution in [0.5, 0.6) is 0 Å². The molecular formula is C19H29N5O4S. The van der Waals surface area contributed by atoms with Gasteiger partial charge in [-0.2, -0.15) is 4.31 Å². The van der Waals surface area contributed by atoms with Gasteiger partial charge >= 0.3 is 0 Å². The van der Waals surface area contributed by atoms with Gasteiger partial charge in [0.25, 0.3) is 5.91 Å². The summed E-state index contributed by atoms with van der Waals surface area (Å²) in [4.78, 5) is 18.6. The Bertz CT molecular complexity index is 964. The number of nitrogens with one attached hydrogen (secondary N) is 1. The third kappa shape index (κ3) is 4.87. The third-order valence-electron chi connectivity index (χ3n) is 5.20. The second-order valence-electron chi connectivity index (χ2n) is 8.03. The van der Waals surface area contributed by atoms with Crippen molar-refractivity contribution < 1.29 is 18.0 Å². The van der Waals surface area contributed by atoms with Crippen molar-refractivity contribution in [1.82, 2.24) is 24.8 Å². The minimum absolute atomic E-state index is 0.0460. The molecule has 0 spiro atoms. The van der Waals surface area contributed by atoms with E-state index in [4.69, 9.17) is 4.84 Å². The lowest BCUT2D eigenvalue weighted by Crippen LogP contribution is -2.42. The van der Waals surface area contributed by atoms with Crippen LogP contribution in [-0.4, -0.2) is 59.5 Å². The van der Waals surface area contributed by atoms with Crippen LogP contribution in [0.4, 0.5) is 0 Å². The van der Waals surface area contributed by atoms with Crippen molar-refractivity contribution in [2.75, 3.05) is 19.7 Å². The molecule has 9 nitrogen and oxygen atoms in total. The third-order valence-corrected chi connectivity index (χ3v) is 7.03. The van der Waals surface area contributed by atoms with Gasteiger partial charge in [0.1, 0.15) is 11.0 Å². The Morgan fingerprint density at radius 3 is 2.66 bits per heavy atom. The lowest BCUT2D eigenvalue weighted by atomic mass is 9.94. The van der Waals surface area contributed by atoms with Gasteiger partial charge in [0, 0.05) is 19.1 Å². The molecule has 0 aliphatic carbocycles. The highest BCUT2D eigenvalue weighted by molar-refractivity contribution is 7.89. The van der Waals surface area contributed by atoms with Gasteiger partial charge in [-0.1, -0.05) is 25.6 Å². The van der Waals surface area contributed by atoms with Crippen molar-refractivity contribution in [1.29, 1.82) is 0 Å². The first-order valence-electron chi connectivity index (χ1n) is 9.99. The van der Waals surface area contributed by atoms with Crippen LogP contribution < -0.4 is 10.2 Å². The summed E-state index contributed by atoms with van der Waals surface area (Å²) in [6.07, 6.45) is 1.83. The van der Waals surface area contributed by atoms with Gasteiger partial charge in [-0.3, -0.25) is 4.79 Å². The molecule has 1 aliphatic heterocycles. The van der Waals surface area contributed by atoms with E-state index in [-0.39, 0.29) is 23.5 Å². The van der Waals surface area contributed by atoms with Crippen LogP contribution in [0.2, 0.25) is 0 Å². The second kappa shape index (κ2) is 8.66. The van der Waals surface area contributed by atoms with E-state index in [1.165, 1.54) is 12.1 Å². The first-order chi connectivity index (χ1) is 13.7. The number of hydrogen-bond acceptors (Lipinski definition) is 6. The predicted octanol–water partition coefficient (Wildman–Crippen LogP) is 1.44. The van der Waals surface area contributed by atoms with Crippen molar-refractivity contribution in [3.8, 4) is 0 Å². The molecule has 0 radical (unpaired) electrons. The molecule has 1 aromatic heterocycles. The molecule has 3 rings (SSSR count). The van der Waals surface area contributed by atoms with E-state index < -0.39 is 10.0 Å². The molecule has 10 heteroatoms. The van der Waals surface area contributed by atoms with Gasteiger partial charge in [0.2, 0.25) is 10.0 Å². The second-order valence-corrected chi connectivity index (χ2v) is 9.97. The Morgan fingerprint density at radius 2 is 2.00 bits per heavy atom. The molecule has 160 valence electrons. The Hall–Kier alpha value is -2.20. The topological polar surface area (TPSA) is 106 Å². The Labute approximate surface area is 171 Å². The van der Waals surface area contributed by atoms with Gasteiger partial charge < -0.3 is 10.2 Å². The lowest BCUT2D eigenvalue weighted by molar-refractivity contribution is -0.126. The number of aromatic nitrogens is 3. The normalized spacial score (nSPS) is 21.8. The number of piperidine rings is 1. The minimum Gasteiger partial charge on any atom is -0.385 e. The fourth-order valence-corrected chi connectivity index (χ4v) is 5.32. The maximum absolute atomic E-state index is 13.1. The molecule has 2 aromatic rings. The van der Waals surface area contributed by atoms with Crippen LogP contribution in [0.15, 0.2) is 23.1 Å². The number of nitrogens with zero attached hydrogens (tertiary/aromatic N) is 4. The number of fused-ring (bicyclic) bond motifs is 1. The smallest absolute Gasteiger partial charge is 0.260 e. The van der Waals surface area contributed by atoms with Crippen LogP contribution in [0.25, 0.3) is 11.0 Å². The van der Waals surface area contributed by atoms with Crippen molar-refractivity contribution in [3.63, 3.8) is 0 Å². The predicted molar refractivity (Wildman–Crippen MR) is 109 cm³/mol. The van der Waals surface area contributed by atoms with Crippen LogP contribution in [0.3, 0.4) is 0 Å². The Kier molecular flexibility index (Phi) is 6.42. The first kappa shape index (κ1) is 21.5. The highest BCUT2D eigenvalue weighted by Crippen LogP contribution is 2.27. The molecule has 0 saturated carbocycles. The number of carbonyl (C=O) groups excluding carboxylic acids is 1. The summed E-state index contributed by atoms with van der Waals surface area (Å²) in [7, 11) is -3.63. The molecule has 0 unspecified atom stereocenters. The summed E-state index contributed by atoms with van der Waals surface area (Å²) >= 11 is 0. The van der Waals surface area contributed by atoms with Gasteiger partial charge in [0.05, 0.1) is 4.90 Å². The fraction of sp³-hybridized carbons (Fsp3) is 0.632. The zero-order valence-corrected chi connectivity index (χ0v) is 18.1. The van der Waals surface area contributed by atoms with Crippen molar-refractivity contribution >= 4 is 27.0 Å². The zero-order valence-electron chi connectivity index (χ0n) is 17.3. The zero-order chi connectivity index (χ0) is 21.2. The fourth-order valence-electron chi connectivity index (χ4n) is 3.62. The first-order valence-corrected chi connectivity index (χ1v) is 11.4. The Balaban J connectivity index is 1.80. The van der Waals surface area contributed by atoms with Gasteiger partial charge in [-0.15, -0.1) is 5.10 Å². The molecule has 1 amide bonds. The monoisotopic (exact) mass is 423 g/mol. The van der Waals surface area contributed by atoms with E-state index in [9.17, 15) is 13.2 Å². The number of carbonyl (C=O) groups is 1. The van der Waals surface area contributed by atoms with E-state index in [0.29, 0.717) is 36.0 Å². The number of benzene rings is 1. The highest BCUT2D eigenvalue weighted by atomic mass is 32.2. The van der Waals surface area contributed by atoms with Crippen molar-refractivity contribution in [3.05, 3.63) is 18.2 Å². The van der Waals surface area contributed by atoms with E-state index in [2.05, 4.69) is 29.5 Å². The maximum Gasteiger partial charge on any atom is 0.260 e. The van der Waals surface area contributed by atoms with E-state index >= 15 is 0 Å². The van der Waals surface area contributed by atoms with E-state index in [1.807, 2.05) is 13.8 Å². The standard InChI is InChI=1S/C19H29N5O4S/c1-5-15(4)20-19(25)12-28-24-18-9-16(6-7-17(18)21-22-24)29(26,27)23-10-13(2)8-14(3)11-23/h6-7,9,13-15H,5,8,10-12H2,1-4H3,(H,20,25)/t13-,14-,15-/m0/s1. The molecule has 1 aromatic carbocycles. The van der Waals surface area contributed by atoms with E-state index in [1.54, 1.807) is 10.4 Å². The summed E-state index contributed by atoms with van der Waals surface area (Å²) in [5.41, 5.74) is 0.896. The number of amides is 1. The van der Waals surface area contributed by atoms with E-state index in [0.717, 1.165) is 17.7 Å². The molecule has 1 aliphatic rings. The van der Waals surface area contributed by atoms with Crippen LogP contribution in [-0.2, 0) is 14.8 Å². The average Bonchev–Trinajstić information content (AvgIpc) is 3.07. The largest absolute Gasteiger partial charge is 0.385 e. The van der Waals surface area contributed by atoms with Gasteiger partial charge in [0.15, 0.2) is 6.61 Å². The molecule has 3 atom stereocenters. The summed E-state index contributed by atoms with van der Waals surface area (Å²) in [6, 6.07) is 4.69. The number of sulfonamides is 1. The quantitative estimate of drug-likeness (QED) is 0.722. The molecule has 29 heavy (non-hydrogen) atoms. The summed E-state index contributed by atoms with van der Waals surface area (Å²) in [5.74, 6) is 0.358. The minimum atomic E-state index is -3.63.